The quantitative estimate of drug-likeness (QED) is 0.746. The summed E-state index contributed by atoms with van der Waals surface area (Å²) in [6, 6.07) is 13.9. The van der Waals surface area contributed by atoms with E-state index in [-0.39, 0.29) is 12.4 Å². The zero-order chi connectivity index (χ0) is 13.2. The second kappa shape index (κ2) is 4.79. The Balaban J connectivity index is 2.01. The molecule has 3 rings (SSSR count). The minimum atomic E-state index is -0.915. The lowest BCUT2D eigenvalue weighted by Crippen LogP contribution is -2.11. The molecule has 5 heteroatoms. The van der Waals surface area contributed by atoms with Crippen molar-refractivity contribution in [2.75, 3.05) is 6.54 Å². The molecule has 1 aromatic heterocycles. The molecule has 0 unspecified atom stereocenters. The monoisotopic (exact) mass is 255 g/mol. The van der Waals surface area contributed by atoms with Gasteiger partial charge < -0.3 is 15.4 Å². The summed E-state index contributed by atoms with van der Waals surface area (Å²) in [5, 5.41) is 15.7. The number of aliphatic hydroxyl groups is 1. The molecule has 3 aromatic rings. The van der Waals surface area contributed by atoms with Gasteiger partial charge in [-0.15, -0.1) is 0 Å². The highest BCUT2D eigenvalue weighted by Crippen LogP contribution is 2.23. The van der Waals surface area contributed by atoms with Crippen LogP contribution < -0.4 is 5.73 Å². The molecule has 5 nitrogen and oxygen atoms in total. The van der Waals surface area contributed by atoms with E-state index in [1.54, 1.807) is 0 Å². The van der Waals surface area contributed by atoms with Gasteiger partial charge in [0.2, 0.25) is 5.82 Å². The molecule has 96 valence electrons. The van der Waals surface area contributed by atoms with Crippen LogP contribution in [0.3, 0.4) is 0 Å². The zero-order valence-corrected chi connectivity index (χ0v) is 10.2. The van der Waals surface area contributed by atoms with E-state index in [4.69, 9.17) is 10.3 Å². The molecule has 0 bridgehead atoms. The average Bonchev–Trinajstić information content (AvgIpc) is 2.95. The van der Waals surface area contributed by atoms with Crippen molar-refractivity contribution >= 4 is 10.8 Å². The third-order valence-corrected chi connectivity index (χ3v) is 2.96. The molecule has 0 saturated heterocycles. The van der Waals surface area contributed by atoms with Crippen molar-refractivity contribution in [2.24, 2.45) is 5.73 Å². The molecular weight excluding hydrogens is 242 g/mol. The number of fused-ring (bicyclic) bond motifs is 1. The van der Waals surface area contributed by atoms with E-state index in [0.717, 1.165) is 16.3 Å². The summed E-state index contributed by atoms with van der Waals surface area (Å²) in [6.45, 7) is 0.0549. The van der Waals surface area contributed by atoms with Gasteiger partial charge in [0.25, 0.3) is 5.89 Å². The number of hydrogen-bond acceptors (Lipinski definition) is 5. The third-order valence-electron chi connectivity index (χ3n) is 2.96. The van der Waals surface area contributed by atoms with E-state index in [1.807, 2.05) is 42.5 Å². The van der Waals surface area contributed by atoms with Crippen molar-refractivity contribution in [1.82, 2.24) is 10.1 Å². The van der Waals surface area contributed by atoms with Crippen LogP contribution in [0.15, 0.2) is 47.0 Å². The largest absolute Gasteiger partial charge is 0.382 e. The van der Waals surface area contributed by atoms with Crippen molar-refractivity contribution < 1.29 is 9.63 Å². The highest BCUT2D eigenvalue weighted by atomic mass is 16.5. The number of aromatic nitrogens is 2. The number of nitrogens with zero attached hydrogens (tertiary/aromatic N) is 2. The highest BCUT2D eigenvalue weighted by molar-refractivity contribution is 5.86. The van der Waals surface area contributed by atoms with Crippen LogP contribution in [0.4, 0.5) is 0 Å². The van der Waals surface area contributed by atoms with Gasteiger partial charge in [0.15, 0.2) is 0 Å². The first kappa shape index (κ1) is 11.8. The maximum Gasteiger partial charge on any atom is 0.257 e. The molecular formula is C14H13N3O2. The molecule has 0 saturated carbocycles. The zero-order valence-electron chi connectivity index (χ0n) is 10.2. The van der Waals surface area contributed by atoms with Crippen molar-refractivity contribution in [2.45, 2.75) is 6.10 Å². The topological polar surface area (TPSA) is 85.2 Å². The van der Waals surface area contributed by atoms with Crippen LogP contribution in [0, 0.1) is 0 Å². The molecule has 0 radical (unpaired) electrons. The normalized spacial score (nSPS) is 12.7. The highest BCUT2D eigenvalue weighted by Gasteiger charge is 2.15. The van der Waals surface area contributed by atoms with E-state index in [0.29, 0.717) is 5.82 Å². The van der Waals surface area contributed by atoms with Crippen LogP contribution in [0.1, 0.15) is 12.0 Å². The van der Waals surface area contributed by atoms with Gasteiger partial charge in [-0.3, -0.25) is 0 Å². The predicted octanol–water partition coefficient (Wildman–Crippen LogP) is 1.88. The number of nitrogens with two attached hydrogens (primary N) is 1. The number of aliphatic hydroxyl groups excluding tert-OH is 1. The lowest BCUT2D eigenvalue weighted by atomic mass is 10.1. The van der Waals surface area contributed by atoms with E-state index in [9.17, 15) is 5.11 Å². The van der Waals surface area contributed by atoms with E-state index in [2.05, 4.69) is 10.1 Å². The molecule has 0 spiro atoms. The first-order chi connectivity index (χ1) is 9.28. The van der Waals surface area contributed by atoms with Gasteiger partial charge in [-0.1, -0.05) is 41.6 Å². The molecule has 0 fully saturated rings. The Morgan fingerprint density at radius 1 is 1.16 bits per heavy atom. The van der Waals surface area contributed by atoms with Gasteiger partial charge in [-0.05, 0) is 16.8 Å². The second-order valence-electron chi connectivity index (χ2n) is 4.27. The number of rotatable bonds is 3. The Morgan fingerprint density at radius 3 is 2.74 bits per heavy atom. The number of benzene rings is 2. The number of hydrogen-bond donors (Lipinski definition) is 2. The van der Waals surface area contributed by atoms with Crippen LogP contribution in [-0.2, 0) is 0 Å². The minimum absolute atomic E-state index is 0.0549. The van der Waals surface area contributed by atoms with Gasteiger partial charge in [0.1, 0.15) is 6.10 Å². The molecule has 0 amide bonds. The van der Waals surface area contributed by atoms with E-state index < -0.39 is 6.10 Å². The third kappa shape index (κ3) is 2.21. The van der Waals surface area contributed by atoms with Gasteiger partial charge in [-0.2, -0.15) is 4.98 Å². The van der Waals surface area contributed by atoms with E-state index >= 15 is 0 Å². The predicted molar refractivity (Wildman–Crippen MR) is 71.3 cm³/mol. The summed E-state index contributed by atoms with van der Waals surface area (Å²) in [4.78, 5) is 4.15. The average molecular weight is 255 g/mol. The van der Waals surface area contributed by atoms with Crippen molar-refractivity contribution in [3.8, 4) is 11.4 Å². The first-order valence-electron chi connectivity index (χ1n) is 5.99. The van der Waals surface area contributed by atoms with Crippen molar-refractivity contribution in [1.29, 1.82) is 0 Å². The lowest BCUT2D eigenvalue weighted by molar-refractivity contribution is 0.141. The summed E-state index contributed by atoms with van der Waals surface area (Å²) in [5.74, 6) is 0.596. The fraction of sp³-hybridized carbons (Fsp3) is 0.143. The van der Waals surface area contributed by atoms with Gasteiger partial charge >= 0.3 is 0 Å². The Bertz CT molecular complexity index is 708. The molecule has 0 aliphatic rings. The minimum Gasteiger partial charge on any atom is -0.382 e. The van der Waals surface area contributed by atoms with Gasteiger partial charge in [0, 0.05) is 12.1 Å². The van der Waals surface area contributed by atoms with Crippen LogP contribution in [0.5, 0.6) is 0 Å². The molecule has 3 N–H and O–H groups in total. The van der Waals surface area contributed by atoms with E-state index in [1.165, 1.54) is 0 Å². The summed E-state index contributed by atoms with van der Waals surface area (Å²) in [6.07, 6.45) is -0.915. The van der Waals surface area contributed by atoms with Crippen LogP contribution in [0.25, 0.3) is 22.2 Å². The van der Waals surface area contributed by atoms with Crippen molar-refractivity contribution in [3.63, 3.8) is 0 Å². The second-order valence-corrected chi connectivity index (χ2v) is 4.27. The molecule has 1 heterocycles. The summed E-state index contributed by atoms with van der Waals surface area (Å²) in [7, 11) is 0. The summed E-state index contributed by atoms with van der Waals surface area (Å²) < 4.78 is 4.99. The van der Waals surface area contributed by atoms with Crippen LogP contribution in [0.2, 0.25) is 0 Å². The van der Waals surface area contributed by atoms with Crippen LogP contribution in [-0.4, -0.2) is 21.8 Å². The maximum atomic E-state index is 9.54. The molecule has 0 aliphatic carbocycles. The SMILES string of the molecule is NC[C@H](O)c1nc(-c2ccc3ccccc3c2)no1. The molecule has 19 heavy (non-hydrogen) atoms. The Kier molecular flexibility index (Phi) is 2.98. The molecule has 1 atom stereocenters. The summed E-state index contributed by atoms with van der Waals surface area (Å²) in [5.41, 5.74) is 6.19. The standard InChI is InChI=1S/C14H13N3O2/c15-8-12(18)14-16-13(17-19-14)11-6-5-9-3-1-2-4-10(9)7-11/h1-7,12,18H,8,15H2/t12-/m0/s1. The molecule has 2 aromatic carbocycles. The van der Waals surface area contributed by atoms with Crippen molar-refractivity contribution in [3.05, 3.63) is 48.4 Å². The summed E-state index contributed by atoms with van der Waals surface area (Å²) >= 11 is 0. The Labute approximate surface area is 109 Å². The fourth-order valence-electron chi connectivity index (χ4n) is 1.92. The molecule has 0 aliphatic heterocycles. The van der Waals surface area contributed by atoms with Crippen LogP contribution >= 0.6 is 0 Å². The van der Waals surface area contributed by atoms with Gasteiger partial charge in [0.05, 0.1) is 0 Å². The smallest absolute Gasteiger partial charge is 0.257 e. The fourth-order valence-corrected chi connectivity index (χ4v) is 1.92. The first-order valence-corrected chi connectivity index (χ1v) is 5.99. The Morgan fingerprint density at radius 2 is 1.95 bits per heavy atom. The Hall–Kier alpha value is -2.24. The lowest BCUT2D eigenvalue weighted by Gasteiger charge is -2.00. The maximum absolute atomic E-state index is 9.54. The van der Waals surface area contributed by atoms with Gasteiger partial charge in [-0.25, -0.2) is 0 Å².